The molecule has 0 bridgehead atoms. The molecule has 3 amide bonds. The number of rotatable bonds is 3. The van der Waals surface area contributed by atoms with Gasteiger partial charge in [-0.15, -0.1) is 0 Å². The van der Waals surface area contributed by atoms with Crippen LogP contribution < -0.4 is 10.6 Å². The van der Waals surface area contributed by atoms with E-state index in [0.717, 1.165) is 25.8 Å². The number of urea groups is 1. The van der Waals surface area contributed by atoms with Gasteiger partial charge in [0, 0.05) is 38.0 Å². The van der Waals surface area contributed by atoms with E-state index in [4.69, 9.17) is 0 Å². The fourth-order valence-electron chi connectivity index (χ4n) is 3.24. The lowest BCUT2D eigenvalue weighted by Gasteiger charge is -2.33. The van der Waals surface area contributed by atoms with E-state index in [-0.39, 0.29) is 24.0 Å². The van der Waals surface area contributed by atoms with Gasteiger partial charge in [-0.05, 0) is 24.8 Å². The minimum Gasteiger partial charge on any atom is -0.352 e. The van der Waals surface area contributed by atoms with Crippen LogP contribution in [0.3, 0.4) is 0 Å². The van der Waals surface area contributed by atoms with E-state index in [1.54, 1.807) is 0 Å². The van der Waals surface area contributed by atoms with Gasteiger partial charge in [-0.2, -0.15) is 0 Å². The van der Waals surface area contributed by atoms with Crippen LogP contribution in [0.2, 0.25) is 0 Å². The molecule has 1 heterocycles. The van der Waals surface area contributed by atoms with Gasteiger partial charge in [0.25, 0.3) is 0 Å². The van der Waals surface area contributed by atoms with Gasteiger partial charge in [-0.1, -0.05) is 30.3 Å². The van der Waals surface area contributed by atoms with E-state index in [1.165, 1.54) is 12.5 Å². The number of nitrogens with zero attached hydrogens (tertiary/aromatic N) is 1. The van der Waals surface area contributed by atoms with Gasteiger partial charge >= 0.3 is 6.03 Å². The Bertz CT molecular complexity index is 546. The van der Waals surface area contributed by atoms with Crippen LogP contribution >= 0.6 is 0 Å². The number of carbonyl (C=O) groups is 2. The topological polar surface area (TPSA) is 61.4 Å². The Morgan fingerprint density at radius 2 is 1.95 bits per heavy atom. The third-order valence-corrected chi connectivity index (χ3v) is 4.44. The molecule has 118 valence electrons. The van der Waals surface area contributed by atoms with Crippen LogP contribution in [-0.2, 0) is 4.79 Å². The predicted octanol–water partition coefficient (Wildman–Crippen LogP) is 1.85. The molecule has 2 aliphatic rings. The average molecular weight is 301 g/mol. The SMILES string of the molecule is CC(=O)NC1CCCN(C(=O)NC2CC2c2ccccc2)C1. The Morgan fingerprint density at radius 3 is 2.68 bits per heavy atom. The number of carbonyl (C=O) groups excluding carboxylic acids is 2. The van der Waals surface area contributed by atoms with Crippen molar-refractivity contribution in [3.8, 4) is 0 Å². The molecular weight excluding hydrogens is 278 g/mol. The molecule has 3 unspecified atom stereocenters. The monoisotopic (exact) mass is 301 g/mol. The number of piperidine rings is 1. The van der Waals surface area contributed by atoms with E-state index in [9.17, 15) is 9.59 Å². The van der Waals surface area contributed by atoms with Crippen LogP contribution in [0.1, 0.15) is 37.7 Å². The number of amides is 3. The van der Waals surface area contributed by atoms with Crippen molar-refractivity contribution in [1.29, 1.82) is 0 Å². The predicted molar refractivity (Wildman–Crippen MR) is 84.5 cm³/mol. The van der Waals surface area contributed by atoms with Crippen LogP contribution in [0, 0.1) is 0 Å². The van der Waals surface area contributed by atoms with E-state index in [1.807, 2.05) is 23.1 Å². The molecule has 1 aromatic rings. The summed E-state index contributed by atoms with van der Waals surface area (Å²) in [6.45, 7) is 2.90. The first-order valence-electron chi connectivity index (χ1n) is 8.01. The molecule has 1 aliphatic carbocycles. The van der Waals surface area contributed by atoms with E-state index < -0.39 is 0 Å². The molecule has 2 fully saturated rings. The highest BCUT2D eigenvalue weighted by molar-refractivity contribution is 5.76. The third kappa shape index (κ3) is 3.59. The number of hydrogen-bond acceptors (Lipinski definition) is 2. The lowest BCUT2D eigenvalue weighted by atomic mass is 10.1. The smallest absolute Gasteiger partial charge is 0.317 e. The first-order valence-corrected chi connectivity index (χ1v) is 8.01. The summed E-state index contributed by atoms with van der Waals surface area (Å²) in [5, 5.41) is 6.03. The van der Waals surface area contributed by atoms with Crippen LogP contribution in [0.15, 0.2) is 30.3 Å². The average Bonchev–Trinajstić information content (AvgIpc) is 3.27. The Morgan fingerprint density at radius 1 is 1.18 bits per heavy atom. The molecule has 0 spiro atoms. The number of hydrogen-bond donors (Lipinski definition) is 2. The number of likely N-dealkylation sites (tertiary alicyclic amines) is 1. The molecule has 1 saturated heterocycles. The van der Waals surface area contributed by atoms with Gasteiger partial charge in [0.2, 0.25) is 5.91 Å². The van der Waals surface area contributed by atoms with Gasteiger partial charge in [0.1, 0.15) is 0 Å². The second-order valence-electron chi connectivity index (χ2n) is 6.29. The Balaban J connectivity index is 1.49. The van der Waals surface area contributed by atoms with Crippen molar-refractivity contribution in [3.05, 3.63) is 35.9 Å². The summed E-state index contributed by atoms with van der Waals surface area (Å²) in [4.78, 5) is 25.3. The second kappa shape index (κ2) is 6.38. The van der Waals surface area contributed by atoms with Crippen molar-refractivity contribution in [3.63, 3.8) is 0 Å². The van der Waals surface area contributed by atoms with Crippen molar-refractivity contribution < 1.29 is 9.59 Å². The first-order chi connectivity index (χ1) is 10.6. The molecule has 1 saturated carbocycles. The largest absolute Gasteiger partial charge is 0.352 e. The van der Waals surface area contributed by atoms with Gasteiger partial charge in [0.05, 0.1) is 0 Å². The van der Waals surface area contributed by atoms with Crippen molar-refractivity contribution in [1.82, 2.24) is 15.5 Å². The summed E-state index contributed by atoms with van der Waals surface area (Å²) in [6, 6.07) is 10.6. The molecule has 3 rings (SSSR count). The summed E-state index contributed by atoms with van der Waals surface area (Å²) >= 11 is 0. The molecule has 5 heteroatoms. The minimum atomic E-state index is -0.0291. The van der Waals surface area contributed by atoms with Gasteiger partial charge in [-0.25, -0.2) is 4.79 Å². The number of nitrogens with one attached hydrogen (secondary N) is 2. The van der Waals surface area contributed by atoms with E-state index in [0.29, 0.717) is 12.5 Å². The maximum atomic E-state index is 12.4. The zero-order valence-electron chi connectivity index (χ0n) is 12.9. The summed E-state index contributed by atoms with van der Waals surface area (Å²) in [5.41, 5.74) is 1.29. The maximum absolute atomic E-state index is 12.4. The highest BCUT2D eigenvalue weighted by Crippen LogP contribution is 2.40. The molecule has 1 aliphatic heterocycles. The molecule has 3 atom stereocenters. The van der Waals surface area contributed by atoms with Crippen molar-refractivity contribution in [2.75, 3.05) is 13.1 Å². The summed E-state index contributed by atoms with van der Waals surface area (Å²) < 4.78 is 0. The Hall–Kier alpha value is -2.04. The van der Waals surface area contributed by atoms with E-state index in [2.05, 4.69) is 22.8 Å². The normalized spacial score (nSPS) is 27.1. The highest BCUT2D eigenvalue weighted by Gasteiger charge is 2.40. The van der Waals surface area contributed by atoms with Crippen molar-refractivity contribution in [2.45, 2.75) is 44.2 Å². The lowest BCUT2D eigenvalue weighted by Crippen LogP contribution is -2.52. The van der Waals surface area contributed by atoms with Crippen molar-refractivity contribution in [2.24, 2.45) is 0 Å². The summed E-state index contributed by atoms with van der Waals surface area (Å²) in [6.07, 6.45) is 2.89. The molecule has 0 aromatic heterocycles. The number of benzene rings is 1. The second-order valence-corrected chi connectivity index (χ2v) is 6.29. The Labute approximate surface area is 131 Å². The fraction of sp³-hybridized carbons (Fsp3) is 0.529. The van der Waals surface area contributed by atoms with Crippen LogP contribution in [0.4, 0.5) is 4.79 Å². The first kappa shape index (κ1) is 14.9. The molecule has 1 aromatic carbocycles. The standard InChI is InChI=1S/C17H23N3O2/c1-12(21)18-14-8-5-9-20(11-14)17(22)19-16-10-15(16)13-6-3-2-4-7-13/h2-4,6-7,14-16H,5,8-11H2,1H3,(H,18,21)(H,19,22). The third-order valence-electron chi connectivity index (χ3n) is 4.44. The Kier molecular flexibility index (Phi) is 4.32. The summed E-state index contributed by atoms with van der Waals surface area (Å²) in [7, 11) is 0. The molecule has 2 N–H and O–H groups in total. The quantitative estimate of drug-likeness (QED) is 0.895. The van der Waals surface area contributed by atoms with Gasteiger partial charge in [-0.3, -0.25) is 4.79 Å². The van der Waals surface area contributed by atoms with Crippen LogP contribution in [0.5, 0.6) is 0 Å². The maximum Gasteiger partial charge on any atom is 0.317 e. The summed E-state index contributed by atoms with van der Waals surface area (Å²) in [5.74, 6) is 0.416. The van der Waals surface area contributed by atoms with Crippen LogP contribution in [-0.4, -0.2) is 42.0 Å². The van der Waals surface area contributed by atoms with Gasteiger partial charge < -0.3 is 15.5 Å². The molecular formula is C17H23N3O2. The molecule has 5 nitrogen and oxygen atoms in total. The zero-order chi connectivity index (χ0) is 15.5. The highest BCUT2D eigenvalue weighted by atomic mass is 16.2. The lowest BCUT2D eigenvalue weighted by molar-refractivity contribution is -0.119. The molecule has 0 radical (unpaired) electrons. The molecule has 22 heavy (non-hydrogen) atoms. The van der Waals surface area contributed by atoms with Gasteiger partial charge in [0.15, 0.2) is 0 Å². The van der Waals surface area contributed by atoms with Crippen molar-refractivity contribution >= 4 is 11.9 Å². The zero-order valence-corrected chi connectivity index (χ0v) is 12.9. The minimum absolute atomic E-state index is 0.00140. The van der Waals surface area contributed by atoms with Crippen LogP contribution in [0.25, 0.3) is 0 Å². The fourth-order valence-corrected chi connectivity index (χ4v) is 3.24. The van der Waals surface area contributed by atoms with E-state index >= 15 is 0 Å².